The molecule has 1 unspecified atom stereocenters. The fourth-order valence-corrected chi connectivity index (χ4v) is 4.13. The summed E-state index contributed by atoms with van der Waals surface area (Å²) in [4.78, 5) is 0. The Labute approximate surface area is 135 Å². The van der Waals surface area contributed by atoms with Crippen molar-refractivity contribution in [1.82, 2.24) is 9.62 Å². The van der Waals surface area contributed by atoms with Gasteiger partial charge >= 0.3 is 0 Å². The van der Waals surface area contributed by atoms with Gasteiger partial charge in [0.2, 0.25) is 10.0 Å². The number of benzene rings is 1. The van der Waals surface area contributed by atoms with Crippen molar-refractivity contribution in [1.29, 1.82) is 0 Å². The van der Waals surface area contributed by atoms with Crippen LogP contribution in [0.1, 0.15) is 38.7 Å². The average molecular weight is 324 g/mol. The molecule has 2 rings (SSSR count). The molecule has 0 bridgehead atoms. The quantitative estimate of drug-likeness (QED) is 0.838. The van der Waals surface area contributed by atoms with E-state index >= 15 is 0 Å². The molecule has 1 atom stereocenters. The van der Waals surface area contributed by atoms with Gasteiger partial charge < -0.3 is 5.32 Å². The van der Waals surface area contributed by atoms with Crippen molar-refractivity contribution in [2.24, 2.45) is 0 Å². The van der Waals surface area contributed by atoms with E-state index in [0.717, 1.165) is 25.7 Å². The van der Waals surface area contributed by atoms with Crippen LogP contribution in [0.5, 0.6) is 0 Å². The van der Waals surface area contributed by atoms with E-state index in [1.165, 1.54) is 5.56 Å². The minimum absolute atomic E-state index is 0.207. The number of nitrogens with zero attached hydrogens (tertiary/aromatic N) is 1. The summed E-state index contributed by atoms with van der Waals surface area (Å²) < 4.78 is 25.3. The Hall–Kier alpha value is -0.910. The topological polar surface area (TPSA) is 49.4 Å². The maximum absolute atomic E-state index is 11.8. The number of aryl methyl sites for hydroxylation is 1. The van der Waals surface area contributed by atoms with Crippen LogP contribution >= 0.6 is 0 Å². The highest BCUT2D eigenvalue weighted by Gasteiger charge is 2.26. The van der Waals surface area contributed by atoms with Crippen molar-refractivity contribution < 1.29 is 8.42 Å². The minimum atomic E-state index is -3.01. The molecule has 1 aliphatic heterocycles. The number of sulfonamides is 1. The first-order valence-corrected chi connectivity index (χ1v) is 9.90. The Morgan fingerprint density at radius 3 is 2.45 bits per heavy atom. The van der Waals surface area contributed by atoms with Gasteiger partial charge in [0.05, 0.1) is 5.75 Å². The summed E-state index contributed by atoms with van der Waals surface area (Å²) in [6.07, 6.45) is 4.01. The second kappa shape index (κ2) is 8.09. The number of rotatable bonds is 7. The zero-order valence-corrected chi connectivity index (χ0v) is 14.5. The molecule has 5 heteroatoms. The highest BCUT2D eigenvalue weighted by molar-refractivity contribution is 7.89. The van der Waals surface area contributed by atoms with E-state index in [2.05, 4.69) is 36.5 Å². The third-order valence-corrected chi connectivity index (χ3v) is 6.32. The molecule has 0 radical (unpaired) electrons. The molecule has 1 aromatic rings. The molecule has 1 N–H and O–H groups in total. The SMILES string of the molecule is CCS(=O)(=O)N1CCC(NC(C)CCc2ccccc2)CC1. The molecule has 1 saturated heterocycles. The van der Waals surface area contributed by atoms with Gasteiger partial charge in [-0.1, -0.05) is 30.3 Å². The van der Waals surface area contributed by atoms with E-state index < -0.39 is 10.0 Å². The van der Waals surface area contributed by atoms with Gasteiger partial charge in [-0.05, 0) is 45.1 Å². The maximum atomic E-state index is 11.8. The molecular formula is C17H28N2O2S. The summed E-state index contributed by atoms with van der Waals surface area (Å²) in [7, 11) is -3.01. The van der Waals surface area contributed by atoms with Gasteiger partial charge in [-0.3, -0.25) is 0 Å². The Morgan fingerprint density at radius 2 is 1.86 bits per heavy atom. The van der Waals surface area contributed by atoms with Crippen LogP contribution in [-0.2, 0) is 16.4 Å². The molecule has 0 aromatic heterocycles. The zero-order valence-electron chi connectivity index (χ0n) is 13.7. The summed E-state index contributed by atoms with van der Waals surface area (Å²) in [5.41, 5.74) is 1.38. The van der Waals surface area contributed by atoms with E-state index in [-0.39, 0.29) is 5.75 Å². The van der Waals surface area contributed by atoms with E-state index in [1.807, 2.05) is 6.07 Å². The number of piperidine rings is 1. The molecule has 1 fully saturated rings. The molecule has 0 spiro atoms. The first-order valence-electron chi connectivity index (χ1n) is 8.29. The van der Waals surface area contributed by atoms with Gasteiger partial charge in [0, 0.05) is 25.2 Å². The molecule has 1 heterocycles. The zero-order chi connectivity index (χ0) is 16.0. The molecule has 1 aromatic carbocycles. The van der Waals surface area contributed by atoms with Crippen LogP contribution in [0.3, 0.4) is 0 Å². The van der Waals surface area contributed by atoms with E-state index in [1.54, 1.807) is 11.2 Å². The first-order chi connectivity index (χ1) is 10.5. The van der Waals surface area contributed by atoms with E-state index in [4.69, 9.17) is 0 Å². The summed E-state index contributed by atoms with van der Waals surface area (Å²) in [5.74, 6) is 0.207. The lowest BCUT2D eigenvalue weighted by Crippen LogP contribution is -2.47. The summed E-state index contributed by atoms with van der Waals surface area (Å²) >= 11 is 0. The predicted molar refractivity (Wildman–Crippen MR) is 91.4 cm³/mol. The number of hydrogen-bond acceptors (Lipinski definition) is 3. The molecule has 124 valence electrons. The van der Waals surface area contributed by atoms with Crippen LogP contribution < -0.4 is 5.32 Å². The third-order valence-electron chi connectivity index (χ3n) is 4.44. The van der Waals surface area contributed by atoms with Crippen LogP contribution in [0.25, 0.3) is 0 Å². The van der Waals surface area contributed by atoms with Crippen LogP contribution in [-0.4, -0.2) is 43.6 Å². The van der Waals surface area contributed by atoms with E-state index in [9.17, 15) is 8.42 Å². The standard InChI is InChI=1S/C17H28N2O2S/c1-3-22(20,21)19-13-11-17(12-14-19)18-15(2)9-10-16-7-5-4-6-8-16/h4-8,15,17-18H,3,9-14H2,1-2H3. The number of nitrogens with one attached hydrogen (secondary N) is 1. The molecule has 0 saturated carbocycles. The van der Waals surface area contributed by atoms with Gasteiger partial charge in [0.15, 0.2) is 0 Å². The van der Waals surface area contributed by atoms with Crippen molar-refractivity contribution in [3.63, 3.8) is 0 Å². The van der Waals surface area contributed by atoms with Gasteiger partial charge in [-0.25, -0.2) is 12.7 Å². The van der Waals surface area contributed by atoms with E-state index in [0.29, 0.717) is 25.2 Å². The fourth-order valence-electron chi connectivity index (χ4n) is 3.00. The third kappa shape index (κ3) is 5.07. The largest absolute Gasteiger partial charge is 0.311 e. The van der Waals surface area contributed by atoms with Crippen molar-refractivity contribution in [3.8, 4) is 0 Å². The Balaban J connectivity index is 1.71. The van der Waals surface area contributed by atoms with Crippen molar-refractivity contribution in [2.45, 2.75) is 51.6 Å². The van der Waals surface area contributed by atoms with Crippen LogP contribution in [0.15, 0.2) is 30.3 Å². The highest BCUT2D eigenvalue weighted by atomic mass is 32.2. The molecule has 22 heavy (non-hydrogen) atoms. The lowest BCUT2D eigenvalue weighted by Gasteiger charge is -2.33. The second-order valence-corrected chi connectivity index (χ2v) is 8.42. The molecular weight excluding hydrogens is 296 g/mol. The smallest absolute Gasteiger partial charge is 0.213 e. The van der Waals surface area contributed by atoms with Gasteiger partial charge in [0.1, 0.15) is 0 Å². The van der Waals surface area contributed by atoms with Crippen molar-refractivity contribution in [3.05, 3.63) is 35.9 Å². The molecule has 1 aliphatic rings. The molecule has 4 nitrogen and oxygen atoms in total. The highest BCUT2D eigenvalue weighted by Crippen LogP contribution is 2.15. The predicted octanol–water partition coefficient (Wildman–Crippen LogP) is 2.41. The minimum Gasteiger partial charge on any atom is -0.311 e. The Bertz CT molecular complexity index is 537. The average Bonchev–Trinajstić information content (AvgIpc) is 2.54. The fraction of sp³-hybridized carbons (Fsp3) is 0.647. The summed E-state index contributed by atoms with van der Waals surface area (Å²) in [6.45, 7) is 5.24. The van der Waals surface area contributed by atoms with Gasteiger partial charge in [0.25, 0.3) is 0 Å². The van der Waals surface area contributed by atoms with Crippen LogP contribution in [0, 0.1) is 0 Å². The molecule has 0 amide bonds. The van der Waals surface area contributed by atoms with Gasteiger partial charge in [-0.2, -0.15) is 0 Å². The number of hydrogen-bond donors (Lipinski definition) is 1. The maximum Gasteiger partial charge on any atom is 0.213 e. The first kappa shape index (κ1) is 17.4. The molecule has 0 aliphatic carbocycles. The van der Waals surface area contributed by atoms with Crippen LogP contribution in [0.4, 0.5) is 0 Å². The van der Waals surface area contributed by atoms with Gasteiger partial charge in [-0.15, -0.1) is 0 Å². The summed E-state index contributed by atoms with van der Waals surface area (Å²) in [5, 5.41) is 3.66. The van der Waals surface area contributed by atoms with Crippen molar-refractivity contribution >= 4 is 10.0 Å². The van der Waals surface area contributed by atoms with Crippen LogP contribution in [0.2, 0.25) is 0 Å². The lowest BCUT2D eigenvalue weighted by molar-refractivity contribution is 0.273. The lowest BCUT2D eigenvalue weighted by atomic mass is 10.0. The monoisotopic (exact) mass is 324 g/mol. The normalized spacial score (nSPS) is 19.2. The second-order valence-electron chi connectivity index (χ2n) is 6.17. The Kier molecular flexibility index (Phi) is 6.41. The Morgan fingerprint density at radius 1 is 1.23 bits per heavy atom. The van der Waals surface area contributed by atoms with Crippen molar-refractivity contribution in [2.75, 3.05) is 18.8 Å². The summed E-state index contributed by atoms with van der Waals surface area (Å²) in [6, 6.07) is 11.4.